The Hall–Kier alpha value is -1.74. The zero-order chi connectivity index (χ0) is 15.6. The van der Waals surface area contributed by atoms with Gasteiger partial charge >= 0.3 is 0 Å². The lowest BCUT2D eigenvalue weighted by Crippen LogP contribution is -2.20. The molecule has 112 valence electrons. The van der Waals surface area contributed by atoms with E-state index in [0.717, 1.165) is 5.56 Å². The molecule has 3 heteroatoms. The lowest BCUT2D eigenvalue weighted by atomic mass is 9.95. The summed E-state index contributed by atoms with van der Waals surface area (Å²) in [7, 11) is 1.77. The Balaban J connectivity index is 2.31. The number of hydrogen-bond donors (Lipinski definition) is 1. The van der Waals surface area contributed by atoms with E-state index in [4.69, 9.17) is 0 Å². The second-order valence-electron chi connectivity index (χ2n) is 5.59. The molecule has 0 bridgehead atoms. The van der Waals surface area contributed by atoms with Gasteiger partial charge < -0.3 is 5.32 Å². The molecule has 0 saturated carbocycles. The minimum absolute atomic E-state index is 0.248. The van der Waals surface area contributed by atoms with Crippen molar-refractivity contribution >= 4 is 0 Å². The fourth-order valence-corrected chi connectivity index (χ4v) is 2.46. The summed E-state index contributed by atoms with van der Waals surface area (Å²) in [6.45, 7) is 5.68. The van der Waals surface area contributed by atoms with Gasteiger partial charge in [-0.1, -0.05) is 18.2 Å². The van der Waals surface area contributed by atoms with Crippen LogP contribution in [0.15, 0.2) is 30.3 Å². The second kappa shape index (κ2) is 6.35. The number of rotatable bonds is 4. The largest absolute Gasteiger partial charge is 0.313 e. The monoisotopic (exact) mass is 289 g/mol. The molecule has 0 aromatic heterocycles. The minimum Gasteiger partial charge on any atom is -0.313 e. The van der Waals surface area contributed by atoms with Crippen molar-refractivity contribution in [3.63, 3.8) is 0 Å². The fraction of sp³-hybridized carbons (Fsp3) is 0.333. The zero-order valence-electron chi connectivity index (χ0n) is 12.9. The third kappa shape index (κ3) is 3.48. The van der Waals surface area contributed by atoms with Crippen LogP contribution in [0.1, 0.15) is 33.9 Å². The highest BCUT2D eigenvalue weighted by molar-refractivity contribution is 5.33. The third-order valence-corrected chi connectivity index (χ3v) is 4.01. The zero-order valence-corrected chi connectivity index (χ0v) is 12.9. The van der Waals surface area contributed by atoms with Gasteiger partial charge in [-0.05, 0) is 68.6 Å². The molecule has 0 fully saturated rings. The van der Waals surface area contributed by atoms with Gasteiger partial charge in [0, 0.05) is 11.6 Å². The highest BCUT2D eigenvalue weighted by atomic mass is 19.1. The molecule has 2 rings (SSSR count). The summed E-state index contributed by atoms with van der Waals surface area (Å²) >= 11 is 0. The number of halogens is 2. The lowest BCUT2D eigenvalue weighted by Gasteiger charge is -2.19. The Labute approximate surface area is 125 Å². The van der Waals surface area contributed by atoms with Gasteiger partial charge in [-0.15, -0.1) is 0 Å². The van der Waals surface area contributed by atoms with Crippen molar-refractivity contribution in [3.8, 4) is 0 Å². The normalized spacial score (nSPS) is 12.5. The highest BCUT2D eigenvalue weighted by Gasteiger charge is 2.17. The van der Waals surface area contributed by atoms with Gasteiger partial charge in [0.15, 0.2) is 0 Å². The predicted octanol–water partition coefficient (Wildman–Crippen LogP) is 4.39. The Bertz CT molecular complexity index is 650. The van der Waals surface area contributed by atoms with E-state index in [2.05, 4.69) is 31.3 Å². The molecule has 1 nitrogen and oxygen atoms in total. The number of benzene rings is 2. The molecule has 0 radical (unpaired) electrons. The van der Waals surface area contributed by atoms with Crippen molar-refractivity contribution in [3.05, 3.63) is 69.8 Å². The minimum atomic E-state index is -0.369. The summed E-state index contributed by atoms with van der Waals surface area (Å²) in [5.41, 5.74) is 4.25. The fourth-order valence-electron chi connectivity index (χ4n) is 2.46. The first-order valence-electron chi connectivity index (χ1n) is 7.11. The van der Waals surface area contributed by atoms with Crippen molar-refractivity contribution in [1.29, 1.82) is 0 Å². The molecule has 0 aliphatic rings. The lowest BCUT2D eigenvalue weighted by molar-refractivity contribution is 0.520. The van der Waals surface area contributed by atoms with E-state index in [1.165, 1.54) is 23.3 Å². The van der Waals surface area contributed by atoms with Crippen molar-refractivity contribution in [2.45, 2.75) is 33.2 Å². The maximum Gasteiger partial charge on any atom is 0.128 e. The maximum atomic E-state index is 14.1. The van der Waals surface area contributed by atoms with Crippen molar-refractivity contribution in [1.82, 2.24) is 5.32 Å². The van der Waals surface area contributed by atoms with Gasteiger partial charge in [0.05, 0.1) is 0 Å². The van der Waals surface area contributed by atoms with Crippen LogP contribution in [0, 0.1) is 32.4 Å². The molecule has 2 aromatic carbocycles. The van der Waals surface area contributed by atoms with E-state index < -0.39 is 0 Å². The molecule has 0 spiro atoms. The van der Waals surface area contributed by atoms with Gasteiger partial charge in [0.25, 0.3) is 0 Å². The second-order valence-corrected chi connectivity index (χ2v) is 5.59. The topological polar surface area (TPSA) is 12.0 Å². The number of aryl methyl sites for hydroxylation is 3. The Morgan fingerprint density at radius 2 is 1.62 bits per heavy atom. The third-order valence-electron chi connectivity index (χ3n) is 4.01. The molecule has 0 heterocycles. The van der Waals surface area contributed by atoms with Gasteiger partial charge in [-0.3, -0.25) is 0 Å². The Morgan fingerprint density at radius 3 is 2.24 bits per heavy atom. The summed E-state index contributed by atoms with van der Waals surface area (Å²) < 4.78 is 27.8. The first-order chi connectivity index (χ1) is 9.92. The molecular formula is C18H21F2N. The smallest absolute Gasteiger partial charge is 0.128 e. The highest BCUT2D eigenvalue weighted by Crippen LogP contribution is 2.24. The van der Waals surface area contributed by atoms with Gasteiger partial charge in [0.1, 0.15) is 11.6 Å². The molecule has 0 aliphatic carbocycles. The number of nitrogens with one attached hydrogen (secondary N) is 1. The predicted molar refractivity (Wildman–Crippen MR) is 82.5 cm³/mol. The number of likely N-dealkylation sites (N-methyl/N-ethyl adjacent to an activating group) is 1. The van der Waals surface area contributed by atoms with Crippen LogP contribution < -0.4 is 5.32 Å². The maximum absolute atomic E-state index is 14.1. The van der Waals surface area contributed by atoms with Crippen molar-refractivity contribution in [2.24, 2.45) is 0 Å². The average molecular weight is 289 g/mol. The standard InChI is InChI=1S/C18H21F2N/c1-11-5-6-14(7-12(11)2)9-18(21-4)15-10-16(19)13(3)8-17(15)20/h5-8,10,18,21H,9H2,1-4H3. The molecular weight excluding hydrogens is 268 g/mol. The van der Waals surface area contributed by atoms with Crippen LogP contribution in [0.5, 0.6) is 0 Å². The molecule has 1 N–H and O–H groups in total. The molecule has 0 saturated heterocycles. The first-order valence-corrected chi connectivity index (χ1v) is 7.11. The SMILES string of the molecule is CNC(Cc1ccc(C)c(C)c1)c1cc(F)c(C)cc1F. The molecule has 1 atom stereocenters. The van der Waals surface area contributed by atoms with Crippen LogP contribution >= 0.6 is 0 Å². The molecule has 0 aliphatic heterocycles. The quantitative estimate of drug-likeness (QED) is 0.880. The Morgan fingerprint density at radius 1 is 0.905 bits per heavy atom. The first kappa shape index (κ1) is 15.6. The molecule has 0 amide bonds. The summed E-state index contributed by atoms with van der Waals surface area (Å²) in [5.74, 6) is -0.733. The van der Waals surface area contributed by atoms with Crippen LogP contribution in [-0.2, 0) is 6.42 Å². The van der Waals surface area contributed by atoms with E-state index in [9.17, 15) is 8.78 Å². The van der Waals surface area contributed by atoms with Crippen LogP contribution in [0.4, 0.5) is 8.78 Å². The van der Waals surface area contributed by atoms with Crippen LogP contribution in [-0.4, -0.2) is 7.05 Å². The van der Waals surface area contributed by atoms with Crippen molar-refractivity contribution < 1.29 is 8.78 Å². The van der Waals surface area contributed by atoms with Crippen LogP contribution in [0.3, 0.4) is 0 Å². The Kier molecular flexibility index (Phi) is 4.73. The van der Waals surface area contributed by atoms with Gasteiger partial charge in [-0.2, -0.15) is 0 Å². The average Bonchev–Trinajstić information content (AvgIpc) is 2.44. The summed E-state index contributed by atoms with van der Waals surface area (Å²) in [6, 6.07) is 8.51. The van der Waals surface area contributed by atoms with Crippen molar-refractivity contribution in [2.75, 3.05) is 7.05 Å². The van der Waals surface area contributed by atoms with Crippen LogP contribution in [0.25, 0.3) is 0 Å². The van der Waals surface area contributed by atoms with E-state index in [-0.39, 0.29) is 17.7 Å². The molecule has 2 aromatic rings. The van der Waals surface area contributed by atoms with E-state index in [1.54, 1.807) is 14.0 Å². The summed E-state index contributed by atoms with van der Waals surface area (Å²) in [5, 5.41) is 3.08. The van der Waals surface area contributed by atoms with Gasteiger partial charge in [-0.25, -0.2) is 8.78 Å². The molecule has 1 unspecified atom stereocenters. The van der Waals surface area contributed by atoms with Gasteiger partial charge in [0.2, 0.25) is 0 Å². The summed E-state index contributed by atoms with van der Waals surface area (Å²) in [6.07, 6.45) is 0.622. The van der Waals surface area contributed by atoms with E-state index in [1.807, 2.05) is 6.07 Å². The van der Waals surface area contributed by atoms with E-state index >= 15 is 0 Å². The number of hydrogen-bond acceptors (Lipinski definition) is 1. The van der Waals surface area contributed by atoms with E-state index in [0.29, 0.717) is 17.5 Å². The molecule has 21 heavy (non-hydrogen) atoms. The van der Waals surface area contributed by atoms with Crippen LogP contribution in [0.2, 0.25) is 0 Å². The summed E-state index contributed by atoms with van der Waals surface area (Å²) in [4.78, 5) is 0.